The number of para-hydroxylation sites is 2. The maximum atomic E-state index is 13.4. The predicted octanol–water partition coefficient (Wildman–Crippen LogP) is 4.72. The molecule has 0 amide bonds. The summed E-state index contributed by atoms with van der Waals surface area (Å²) < 4.78 is 61.0. The number of alkyl halides is 3. The molecule has 1 heterocycles. The molecule has 8 heteroatoms. The van der Waals surface area contributed by atoms with Gasteiger partial charge in [0.25, 0.3) is 0 Å². The van der Waals surface area contributed by atoms with Crippen LogP contribution in [0.5, 0.6) is 11.5 Å². The molecule has 0 radical (unpaired) electrons. The second-order valence-electron chi connectivity index (χ2n) is 5.62. The third kappa shape index (κ3) is 4.35. The molecule has 1 aliphatic rings. The molecule has 1 fully saturated rings. The Labute approximate surface area is 146 Å². The molecule has 0 aliphatic carbocycles. The molecule has 1 atom stereocenters. The summed E-state index contributed by atoms with van der Waals surface area (Å²) in [5.41, 5.74) is 0.583. The summed E-state index contributed by atoms with van der Waals surface area (Å²) in [4.78, 5) is 0. The number of hydrogen-bond donors (Lipinski definition) is 1. The Kier molecular flexibility index (Phi) is 5.06. The van der Waals surface area contributed by atoms with E-state index >= 15 is 0 Å². The number of ether oxygens (including phenoxy) is 2. The fraction of sp³-hybridized carbons (Fsp3) is 0.294. The van der Waals surface area contributed by atoms with Crippen LogP contribution >= 0.6 is 11.6 Å². The second-order valence-corrected chi connectivity index (χ2v) is 6.03. The lowest BCUT2D eigenvalue weighted by Crippen LogP contribution is -2.46. The van der Waals surface area contributed by atoms with Gasteiger partial charge in [0.15, 0.2) is 11.5 Å². The molecule has 0 bridgehead atoms. The highest BCUT2D eigenvalue weighted by molar-refractivity contribution is 6.30. The molecule has 0 saturated carbocycles. The quantitative estimate of drug-likeness (QED) is 0.767. The van der Waals surface area contributed by atoms with Crippen LogP contribution in [-0.2, 0) is 0 Å². The molecule has 1 unspecified atom stereocenters. The van der Waals surface area contributed by atoms with Crippen LogP contribution < -0.4 is 14.8 Å². The summed E-state index contributed by atoms with van der Waals surface area (Å²) in [7, 11) is 0. The minimum absolute atomic E-state index is 0.0143. The molecular weight excluding hydrogens is 362 g/mol. The average Bonchev–Trinajstić information content (AvgIpc) is 2.48. The zero-order valence-electron chi connectivity index (χ0n) is 12.8. The van der Waals surface area contributed by atoms with Gasteiger partial charge in [-0.25, -0.2) is 4.39 Å². The van der Waals surface area contributed by atoms with Crippen molar-refractivity contribution in [3.8, 4) is 11.5 Å². The van der Waals surface area contributed by atoms with E-state index in [0.29, 0.717) is 18.7 Å². The Bertz CT molecular complexity index is 750. The lowest BCUT2D eigenvalue weighted by atomic mass is 9.90. The van der Waals surface area contributed by atoms with Crippen LogP contribution in [0.4, 0.5) is 17.6 Å². The molecule has 25 heavy (non-hydrogen) atoms. The highest BCUT2D eigenvalue weighted by atomic mass is 35.5. The maximum Gasteiger partial charge on any atom is 0.573 e. The molecule has 0 spiro atoms. The monoisotopic (exact) mass is 375 g/mol. The summed E-state index contributed by atoms with van der Waals surface area (Å²) >= 11 is 5.83. The Morgan fingerprint density at radius 1 is 1.08 bits per heavy atom. The van der Waals surface area contributed by atoms with Crippen LogP contribution in [-0.4, -0.2) is 19.5 Å². The first-order chi connectivity index (χ1) is 11.8. The number of halogens is 5. The van der Waals surface area contributed by atoms with Crippen molar-refractivity contribution in [1.82, 2.24) is 5.32 Å². The van der Waals surface area contributed by atoms with Crippen LogP contribution in [0.1, 0.15) is 11.7 Å². The van der Waals surface area contributed by atoms with E-state index in [1.165, 1.54) is 36.4 Å². The van der Waals surface area contributed by atoms with Crippen LogP contribution in [0.3, 0.4) is 0 Å². The fourth-order valence-corrected chi connectivity index (χ4v) is 2.73. The van der Waals surface area contributed by atoms with E-state index in [1.54, 1.807) is 6.07 Å². The summed E-state index contributed by atoms with van der Waals surface area (Å²) in [5, 5.41) is 3.01. The van der Waals surface area contributed by atoms with Crippen molar-refractivity contribution in [3.05, 3.63) is 58.9 Å². The molecule has 1 N–H and O–H groups in total. The van der Waals surface area contributed by atoms with Crippen molar-refractivity contribution < 1.29 is 27.0 Å². The Hall–Kier alpha value is -1.99. The summed E-state index contributed by atoms with van der Waals surface area (Å²) in [6, 6.07) is 9.68. The van der Waals surface area contributed by atoms with Crippen molar-refractivity contribution >= 4 is 11.6 Å². The van der Waals surface area contributed by atoms with E-state index in [1.807, 2.05) is 0 Å². The average molecular weight is 376 g/mol. The third-order valence-corrected chi connectivity index (χ3v) is 4.13. The second kappa shape index (κ2) is 7.09. The van der Waals surface area contributed by atoms with E-state index in [2.05, 4.69) is 10.1 Å². The van der Waals surface area contributed by atoms with Crippen molar-refractivity contribution in [2.75, 3.05) is 13.1 Å². The van der Waals surface area contributed by atoms with Gasteiger partial charge in [0.1, 0.15) is 11.9 Å². The standard InChI is InChI=1S/C17H14ClF4NO2/c18-12-7-10(5-6-13(12)19)16(11-8-23-9-11)24-14-3-1-2-4-15(14)25-17(20,21)22/h1-7,11,16,23H,8-9H2. The van der Waals surface area contributed by atoms with Gasteiger partial charge in [-0.15, -0.1) is 13.2 Å². The van der Waals surface area contributed by atoms with Gasteiger partial charge in [-0.3, -0.25) is 0 Å². The normalized spacial score (nSPS) is 16.2. The van der Waals surface area contributed by atoms with Gasteiger partial charge in [0, 0.05) is 19.0 Å². The molecule has 0 aromatic heterocycles. The molecule has 2 aromatic rings. The van der Waals surface area contributed by atoms with Gasteiger partial charge in [-0.1, -0.05) is 29.8 Å². The lowest BCUT2D eigenvalue weighted by molar-refractivity contribution is -0.275. The highest BCUT2D eigenvalue weighted by Crippen LogP contribution is 2.38. The number of benzene rings is 2. The SMILES string of the molecule is Fc1ccc(C(Oc2ccccc2OC(F)(F)F)C2CNC2)cc1Cl. The Balaban J connectivity index is 1.90. The number of hydrogen-bond acceptors (Lipinski definition) is 3. The largest absolute Gasteiger partial charge is 0.573 e. The summed E-state index contributed by atoms with van der Waals surface area (Å²) in [6.07, 6.45) is -5.41. The van der Waals surface area contributed by atoms with Gasteiger partial charge < -0.3 is 14.8 Å². The maximum absolute atomic E-state index is 13.4. The van der Waals surface area contributed by atoms with Crippen molar-refractivity contribution in [2.45, 2.75) is 12.5 Å². The van der Waals surface area contributed by atoms with Gasteiger partial charge in [0.05, 0.1) is 5.02 Å². The molecule has 134 valence electrons. The summed E-state index contributed by atoms with van der Waals surface area (Å²) in [6.45, 7) is 1.25. The molecule has 2 aromatic carbocycles. The molecule has 3 rings (SSSR count). The van der Waals surface area contributed by atoms with Crippen LogP contribution in [0, 0.1) is 11.7 Å². The zero-order valence-corrected chi connectivity index (χ0v) is 13.6. The van der Waals surface area contributed by atoms with E-state index in [4.69, 9.17) is 16.3 Å². The number of rotatable bonds is 5. The highest BCUT2D eigenvalue weighted by Gasteiger charge is 2.34. The van der Waals surface area contributed by atoms with E-state index in [9.17, 15) is 17.6 Å². The number of nitrogens with one attached hydrogen (secondary N) is 1. The lowest BCUT2D eigenvalue weighted by Gasteiger charge is -2.35. The predicted molar refractivity (Wildman–Crippen MR) is 84.3 cm³/mol. The first-order valence-electron chi connectivity index (χ1n) is 7.50. The minimum atomic E-state index is -4.83. The Morgan fingerprint density at radius 3 is 2.32 bits per heavy atom. The fourth-order valence-electron chi connectivity index (χ4n) is 2.54. The van der Waals surface area contributed by atoms with Crippen LogP contribution in [0.2, 0.25) is 5.02 Å². The molecule has 3 nitrogen and oxygen atoms in total. The van der Waals surface area contributed by atoms with Gasteiger partial charge in [0.2, 0.25) is 0 Å². The van der Waals surface area contributed by atoms with Crippen LogP contribution in [0.15, 0.2) is 42.5 Å². The Morgan fingerprint density at radius 2 is 1.76 bits per heavy atom. The van der Waals surface area contributed by atoms with Crippen LogP contribution in [0.25, 0.3) is 0 Å². The third-order valence-electron chi connectivity index (χ3n) is 3.84. The minimum Gasteiger partial charge on any atom is -0.481 e. The molecule has 1 saturated heterocycles. The zero-order chi connectivity index (χ0) is 18.0. The van der Waals surface area contributed by atoms with Gasteiger partial charge in [-0.05, 0) is 29.8 Å². The first kappa shape index (κ1) is 17.8. The van der Waals surface area contributed by atoms with Crippen molar-refractivity contribution in [2.24, 2.45) is 5.92 Å². The van der Waals surface area contributed by atoms with Crippen molar-refractivity contribution in [3.63, 3.8) is 0 Å². The topological polar surface area (TPSA) is 30.5 Å². The van der Waals surface area contributed by atoms with E-state index < -0.39 is 24.0 Å². The molecular formula is C17H14ClF4NO2. The molecule has 1 aliphatic heterocycles. The van der Waals surface area contributed by atoms with E-state index in [0.717, 1.165) is 0 Å². The van der Waals surface area contributed by atoms with Gasteiger partial charge in [-0.2, -0.15) is 0 Å². The van der Waals surface area contributed by atoms with E-state index in [-0.39, 0.29) is 16.7 Å². The van der Waals surface area contributed by atoms with Crippen molar-refractivity contribution in [1.29, 1.82) is 0 Å². The smallest absolute Gasteiger partial charge is 0.481 e. The first-order valence-corrected chi connectivity index (χ1v) is 7.88. The van der Waals surface area contributed by atoms with Gasteiger partial charge >= 0.3 is 6.36 Å². The summed E-state index contributed by atoms with van der Waals surface area (Å²) in [5.74, 6) is -1.03.